The number of fused-ring (bicyclic) bond motifs is 3. The molecule has 3 rings (SSSR count). The van der Waals surface area contributed by atoms with Crippen LogP contribution < -0.4 is 3.07 Å². The van der Waals surface area contributed by atoms with Gasteiger partial charge in [-0.05, 0) is 29.7 Å². The number of phenolic OH excluding ortho intramolecular Hbond substituents is 2. The molecule has 1 aliphatic rings. The Morgan fingerprint density at radius 3 is 2.61 bits per heavy atom. The minimum Gasteiger partial charge on any atom is -0.508 e. The summed E-state index contributed by atoms with van der Waals surface area (Å²) >= 11 is 1.80. The summed E-state index contributed by atoms with van der Waals surface area (Å²) in [6.07, 6.45) is 0.636. The van der Waals surface area contributed by atoms with Crippen LogP contribution in [0.25, 0.3) is 11.1 Å². The topological polar surface area (TPSA) is 49.7 Å². The number of hydrogen-bond acceptors (Lipinski definition) is 3. The van der Waals surface area contributed by atoms with Crippen molar-refractivity contribution < 1.29 is 13.3 Å². The largest absolute Gasteiger partial charge is 0.508 e. The molecule has 1 aliphatic carbocycles. The number of aryl methyl sites for hydroxylation is 1. The lowest BCUT2D eigenvalue weighted by atomic mass is 10.0. The summed E-state index contributed by atoms with van der Waals surface area (Å²) in [7, 11) is 0. The first-order valence-electron chi connectivity index (χ1n) is 5.58. The first kappa shape index (κ1) is 11.6. The van der Waals surface area contributed by atoms with Gasteiger partial charge in [0.05, 0.1) is 0 Å². The Bertz CT molecular complexity index is 650. The number of aromatic hydroxyl groups is 2. The molecule has 0 aliphatic heterocycles. The third-order valence-corrected chi connectivity index (χ3v) is 3.88. The molecule has 0 spiro atoms. The van der Waals surface area contributed by atoms with Crippen molar-refractivity contribution in [2.45, 2.75) is 13.3 Å². The van der Waals surface area contributed by atoms with Crippen LogP contribution in [0.4, 0.5) is 0 Å². The van der Waals surface area contributed by atoms with E-state index in [-0.39, 0.29) is 5.75 Å². The monoisotopic (exact) mass is 354 g/mol. The van der Waals surface area contributed by atoms with Gasteiger partial charge in [-0.2, -0.15) is 0 Å². The normalized spacial score (nSPS) is 12.1. The lowest BCUT2D eigenvalue weighted by molar-refractivity contribution is 0.466. The zero-order valence-corrected chi connectivity index (χ0v) is 11.9. The summed E-state index contributed by atoms with van der Waals surface area (Å²) in [4.78, 5) is 0. The molecule has 0 aromatic heterocycles. The van der Waals surface area contributed by atoms with Crippen LogP contribution >= 0.6 is 23.0 Å². The van der Waals surface area contributed by atoms with Gasteiger partial charge in [0.2, 0.25) is 0 Å². The van der Waals surface area contributed by atoms with E-state index in [0.29, 0.717) is 17.9 Å². The lowest BCUT2D eigenvalue weighted by Gasteiger charge is -2.06. The summed E-state index contributed by atoms with van der Waals surface area (Å²) in [6, 6.07) is 7.18. The van der Waals surface area contributed by atoms with Crippen molar-refractivity contribution in [1.82, 2.24) is 0 Å². The molecule has 0 saturated carbocycles. The van der Waals surface area contributed by atoms with Crippen molar-refractivity contribution in [3.8, 4) is 28.4 Å². The van der Waals surface area contributed by atoms with E-state index >= 15 is 0 Å². The summed E-state index contributed by atoms with van der Waals surface area (Å²) in [5, 5.41) is 19.8. The van der Waals surface area contributed by atoms with Crippen molar-refractivity contribution in [3.05, 3.63) is 41.0 Å². The highest BCUT2D eigenvalue weighted by Gasteiger charge is 2.26. The first-order valence-corrected chi connectivity index (χ1v) is 6.46. The fraction of sp³-hybridized carbons (Fsp3) is 0.143. The van der Waals surface area contributed by atoms with E-state index in [2.05, 4.69) is 0 Å². The van der Waals surface area contributed by atoms with Crippen LogP contribution in [0, 0.1) is 6.92 Å². The third kappa shape index (κ3) is 1.55. The zero-order valence-electron chi connectivity index (χ0n) is 9.70. The molecule has 0 saturated heterocycles. The van der Waals surface area contributed by atoms with Gasteiger partial charge >= 0.3 is 0 Å². The molecular weight excluding hydrogens is 343 g/mol. The maximum atomic E-state index is 10.1. The lowest BCUT2D eigenvalue weighted by Crippen LogP contribution is -1.86. The Balaban J connectivity index is 2.29. The molecule has 0 radical (unpaired) electrons. The molecule has 0 heterocycles. The van der Waals surface area contributed by atoms with Gasteiger partial charge in [-0.25, -0.2) is 0 Å². The van der Waals surface area contributed by atoms with Crippen LogP contribution in [0.5, 0.6) is 17.2 Å². The van der Waals surface area contributed by atoms with Gasteiger partial charge in [-0.1, -0.05) is 12.1 Å². The van der Waals surface area contributed by atoms with Gasteiger partial charge in [0.15, 0.2) is 23.0 Å². The molecule has 0 unspecified atom stereocenters. The van der Waals surface area contributed by atoms with Crippen molar-refractivity contribution in [2.75, 3.05) is 0 Å². The minimum atomic E-state index is 0.174. The Morgan fingerprint density at radius 1 is 1.11 bits per heavy atom. The second-order valence-corrected chi connectivity index (χ2v) is 4.92. The van der Waals surface area contributed by atoms with E-state index in [1.54, 1.807) is 35.1 Å². The SMILES string of the molecule is Cc1ccc2c(c1O)Cc1c(OI)cc(O)cc1-2. The zero-order chi connectivity index (χ0) is 12.9. The summed E-state index contributed by atoms with van der Waals surface area (Å²) in [5.74, 6) is 1.16. The predicted octanol–water partition coefficient (Wildman–Crippen LogP) is 3.71. The summed E-state index contributed by atoms with van der Waals surface area (Å²) in [6.45, 7) is 1.88. The molecule has 18 heavy (non-hydrogen) atoms. The van der Waals surface area contributed by atoms with Crippen LogP contribution in [0.3, 0.4) is 0 Å². The quantitative estimate of drug-likeness (QED) is 0.655. The van der Waals surface area contributed by atoms with Crippen LogP contribution in [0.15, 0.2) is 24.3 Å². The molecule has 2 aromatic rings. The highest BCUT2D eigenvalue weighted by Crippen LogP contribution is 2.47. The Hall–Kier alpha value is -1.43. The Kier molecular flexibility index (Phi) is 2.62. The molecule has 92 valence electrons. The fourth-order valence-corrected chi connectivity index (χ4v) is 2.88. The van der Waals surface area contributed by atoms with Crippen LogP contribution in [0.1, 0.15) is 16.7 Å². The number of benzene rings is 2. The number of phenols is 2. The molecule has 0 atom stereocenters. The Morgan fingerprint density at radius 2 is 1.89 bits per heavy atom. The van der Waals surface area contributed by atoms with Crippen molar-refractivity contribution in [3.63, 3.8) is 0 Å². The van der Waals surface area contributed by atoms with Crippen LogP contribution in [-0.2, 0) is 6.42 Å². The standard InChI is InChI=1S/C14H11IO3/c1-7-2-3-9-10-4-8(16)5-13(18-15)11(10)6-12(9)14(7)17/h2-5,16-17H,6H2,1H3. The van der Waals surface area contributed by atoms with Gasteiger partial charge in [0.25, 0.3) is 0 Å². The van der Waals surface area contributed by atoms with E-state index in [1.165, 1.54) is 0 Å². The predicted molar refractivity (Wildman–Crippen MR) is 77.4 cm³/mol. The average molecular weight is 354 g/mol. The molecule has 3 nitrogen and oxygen atoms in total. The molecule has 0 amide bonds. The molecule has 2 N–H and O–H groups in total. The number of rotatable bonds is 1. The average Bonchev–Trinajstić information content (AvgIpc) is 2.72. The third-order valence-electron chi connectivity index (χ3n) is 3.41. The molecular formula is C14H11IO3. The van der Waals surface area contributed by atoms with E-state index in [4.69, 9.17) is 3.07 Å². The van der Waals surface area contributed by atoms with E-state index in [9.17, 15) is 10.2 Å². The van der Waals surface area contributed by atoms with E-state index in [0.717, 1.165) is 27.8 Å². The minimum absolute atomic E-state index is 0.174. The molecule has 0 bridgehead atoms. The number of hydrogen-bond donors (Lipinski definition) is 2. The van der Waals surface area contributed by atoms with E-state index in [1.807, 2.05) is 19.1 Å². The first-order chi connectivity index (χ1) is 8.61. The van der Waals surface area contributed by atoms with E-state index < -0.39 is 0 Å². The number of halogens is 1. The van der Waals surface area contributed by atoms with Gasteiger partial charge < -0.3 is 13.3 Å². The van der Waals surface area contributed by atoms with Crippen molar-refractivity contribution >= 4 is 23.0 Å². The highest BCUT2D eigenvalue weighted by molar-refractivity contribution is 14.1. The molecule has 4 heteroatoms. The Labute approximate surface area is 119 Å². The fourth-order valence-electron chi connectivity index (χ4n) is 2.48. The highest BCUT2D eigenvalue weighted by atomic mass is 127. The van der Waals surface area contributed by atoms with Crippen LogP contribution in [0.2, 0.25) is 0 Å². The van der Waals surface area contributed by atoms with Gasteiger partial charge in [-0.3, -0.25) is 0 Å². The van der Waals surface area contributed by atoms with Gasteiger partial charge in [-0.15, -0.1) is 0 Å². The van der Waals surface area contributed by atoms with Gasteiger partial charge in [0.1, 0.15) is 17.2 Å². The molecule has 0 fully saturated rings. The van der Waals surface area contributed by atoms with Crippen LogP contribution in [-0.4, -0.2) is 10.2 Å². The molecule has 2 aromatic carbocycles. The second-order valence-electron chi connectivity index (χ2n) is 4.48. The smallest absolute Gasteiger partial charge is 0.192 e. The maximum Gasteiger partial charge on any atom is 0.192 e. The van der Waals surface area contributed by atoms with Crippen molar-refractivity contribution in [1.29, 1.82) is 0 Å². The summed E-state index contributed by atoms with van der Waals surface area (Å²) < 4.78 is 5.27. The van der Waals surface area contributed by atoms with Crippen molar-refractivity contribution in [2.24, 2.45) is 0 Å². The second kappa shape index (κ2) is 4.05. The van der Waals surface area contributed by atoms with Gasteiger partial charge in [0, 0.05) is 23.6 Å². The maximum absolute atomic E-state index is 10.1. The summed E-state index contributed by atoms with van der Waals surface area (Å²) in [5.41, 5.74) is 4.69.